The molecule has 0 spiro atoms. The molecule has 2 aromatic heterocycles. The lowest BCUT2D eigenvalue weighted by molar-refractivity contribution is 0.626. The zero-order valence-electron chi connectivity index (χ0n) is 13.8. The molecule has 0 saturated carbocycles. The second-order valence-electron chi connectivity index (χ2n) is 5.71. The van der Waals surface area contributed by atoms with Crippen molar-refractivity contribution < 1.29 is 4.39 Å². The summed E-state index contributed by atoms with van der Waals surface area (Å²) in [7, 11) is 0. The number of nitrogens with one attached hydrogen (secondary N) is 1. The molecule has 4 rings (SSSR count). The molecule has 4 aromatic rings. The first kappa shape index (κ1) is 16.4. The van der Waals surface area contributed by atoms with Gasteiger partial charge in [0.2, 0.25) is 0 Å². The van der Waals surface area contributed by atoms with Crippen LogP contribution in [0.3, 0.4) is 0 Å². The predicted molar refractivity (Wildman–Crippen MR) is 104 cm³/mol. The number of halogens is 1. The normalized spacial score (nSPS) is 11.3. The monoisotopic (exact) mass is 362 g/mol. The Hall–Kier alpha value is -3.12. The van der Waals surface area contributed by atoms with Gasteiger partial charge in [-0.25, -0.2) is 14.4 Å². The van der Waals surface area contributed by atoms with E-state index in [4.69, 9.17) is 0 Å². The highest BCUT2D eigenvalue weighted by molar-refractivity contribution is 7.18. The van der Waals surface area contributed by atoms with Gasteiger partial charge in [-0.1, -0.05) is 48.5 Å². The molecule has 2 heterocycles. The van der Waals surface area contributed by atoms with E-state index in [1.54, 1.807) is 29.5 Å². The largest absolute Gasteiger partial charge is 0.261 e. The van der Waals surface area contributed by atoms with Crippen LogP contribution in [0.25, 0.3) is 10.2 Å². The van der Waals surface area contributed by atoms with Crippen LogP contribution in [0.15, 0.2) is 72.1 Å². The topological polar surface area (TPSA) is 50.2 Å². The zero-order chi connectivity index (χ0) is 17.8. The van der Waals surface area contributed by atoms with Gasteiger partial charge in [0.1, 0.15) is 17.0 Å². The van der Waals surface area contributed by atoms with Crippen molar-refractivity contribution in [3.63, 3.8) is 0 Å². The summed E-state index contributed by atoms with van der Waals surface area (Å²) >= 11 is 1.64. The Morgan fingerprint density at radius 2 is 1.85 bits per heavy atom. The molecule has 0 bridgehead atoms. The van der Waals surface area contributed by atoms with Gasteiger partial charge < -0.3 is 0 Å². The summed E-state index contributed by atoms with van der Waals surface area (Å²) in [6.45, 7) is 0. The number of anilines is 1. The molecule has 128 valence electrons. The Bertz CT molecular complexity index is 1060. The number of thiophene rings is 1. The summed E-state index contributed by atoms with van der Waals surface area (Å²) in [5.41, 5.74) is 4.57. The van der Waals surface area contributed by atoms with Crippen LogP contribution in [0, 0.1) is 5.82 Å². The Morgan fingerprint density at radius 1 is 1.04 bits per heavy atom. The van der Waals surface area contributed by atoms with Crippen LogP contribution in [-0.2, 0) is 6.42 Å². The first-order chi connectivity index (χ1) is 12.8. The van der Waals surface area contributed by atoms with Crippen LogP contribution in [0.2, 0.25) is 0 Å². The van der Waals surface area contributed by atoms with Crippen molar-refractivity contribution in [2.24, 2.45) is 5.10 Å². The lowest BCUT2D eigenvalue weighted by Gasteiger charge is -2.00. The van der Waals surface area contributed by atoms with Crippen molar-refractivity contribution in [3.05, 3.63) is 88.8 Å². The molecule has 0 radical (unpaired) electrons. The van der Waals surface area contributed by atoms with Crippen molar-refractivity contribution in [3.8, 4) is 0 Å². The highest BCUT2D eigenvalue weighted by Crippen LogP contribution is 2.29. The highest BCUT2D eigenvalue weighted by atomic mass is 32.1. The summed E-state index contributed by atoms with van der Waals surface area (Å²) in [6.07, 6.45) is 3.80. The molecular formula is C20H15FN4S. The van der Waals surface area contributed by atoms with Gasteiger partial charge >= 0.3 is 0 Å². The highest BCUT2D eigenvalue weighted by Gasteiger charge is 2.09. The molecule has 26 heavy (non-hydrogen) atoms. The molecule has 0 atom stereocenters. The van der Waals surface area contributed by atoms with E-state index < -0.39 is 0 Å². The maximum Gasteiger partial charge on any atom is 0.158 e. The Balaban J connectivity index is 1.57. The van der Waals surface area contributed by atoms with Crippen molar-refractivity contribution in [2.75, 3.05) is 5.43 Å². The number of aromatic nitrogens is 2. The average molecular weight is 362 g/mol. The summed E-state index contributed by atoms with van der Waals surface area (Å²) in [4.78, 5) is 10.7. The van der Waals surface area contributed by atoms with Gasteiger partial charge in [0, 0.05) is 16.9 Å². The summed E-state index contributed by atoms with van der Waals surface area (Å²) in [6, 6.07) is 18.8. The van der Waals surface area contributed by atoms with Gasteiger partial charge in [-0.15, -0.1) is 11.3 Å². The third kappa shape index (κ3) is 3.60. The van der Waals surface area contributed by atoms with Gasteiger partial charge in [0.05, 0.1) is 11.6 Å². The van der Waals surface area contributed by atoms with E-state index in [0.717, 1.165) is 16.6 Å². The third-order valence-corrected chi connectivity index (χ3v) is 4.92. The van der Waals surface area contributed by atoms with E-state index in [-0.39, 0.29) is 5.82 Å². The SMILES string of the molecule is Fc1ccccc1C=NNc1ncnc2sc(Cc3ccccc3)cc12. The molecule has 4 nitrogen and oxygen atoms in total. The molecule has 0 amide bonds. The maximum absolute atomic E-state index is 13.6. The first-order valence-electron chi connectivity index (χ1n) is 8.10. The smallest absolute Gasteiger partial charge is 0.158 e. The second-order valence-corrected chi connectivity index (χ2v) is 6.82. The minimum absolute atomic E-state index is 0.313. The van der Waals surface area contributed by atoms with Crippen molar-refractivity contribution >= 4 is 33.6 Å². The summed E-state index contributed by atoms with van der Waals surface area (Å²) in [5, 5.41) is 5.03. The zero-order valence-corrected chi connectivity index (χ0v) is 14.6. The minimum Gasteiger partial charge on any atom is -0.261 e. The van der Waals surface area contributed by atoms with Crippen LogP contribution < -0.4 is 5.43 Å². The molecule has 6 heteroatoms. The van der Waals surface area contributed by atoms with Crippen molar-refractivity contribution in [1.29, 1.82) is 0 Å². The first-order valence-corrected chi connectivity index (χ1v) is 8.92. The lowest BCUT2D eigenvalue weighted by Crippen LogP contribution is -1.95. The molecule has 2 aromatic carbocycles. The van der Waals surface area contributed by atoms with E-state index >= 15 is 0 Å². The van der Waals surface area contributed by atoms with Gasteiger partial charge in [0.15, 0.2) is 5.82 Å². The third-order valence-electron chi connectivity index (χ3n) is 3.88. The van der Waals surface area contributed by atoms with E-state index in [2.05, 4.69) is 38.7 Å². The van der Waals surface area contributed by atoms with Gasteiger partial charge in [0.25, 0.3) is 0 Å². The molecule has 0 aliphatic carbocycles. The molecule has 0 aliphatic heterocycles. The minimum atomic E-state index is -0.313. The van der Waals surface area contributed by atoms with Crippen LogP contribution in [-0.4, -0.2) is 16.2 Å². The fraction of sp³-hybridized carbons (Fsp3) is 0.0500. The standard InChI is InChI=1S/C20H15FN4S/c21-18-9-5-4-8-15(18)12-24-25-19-17-11-16(26-20(17)23-13-22-19)10-14-6-2-1-3-7-14/h1-9,11-13H,10H2,(H,22,23,25). The predicted octanol–water partition coefficient (Wildman–Crippen LogP) is 4.87. The van der Waals surface area contributed by atoms with E-state index in [9.17, 15) is 4.39 Å². The maximum atomic E-state index is 13.6. The summed E-state index contributed by atoms with van der Waals surface area (Å²) < 4.78 is 13.6. The molecule has 0 fully saturated rings. The van der Waals surface area contributed by atoms with Gasteiger partial charge in [-0.05, 0) is 17.7 Å². The second kappa shape index (κ2) is 7.41. The van der Waals surface area contributed by atoms with E-state index in [0.29, 0.717) is 11.4 Å². The van der Waals surface area contributed by atoms with Crippen LogP contribution >= 0.6 is 11.3 Å². The number of rotatable bonds is 5. The molecule has 1 N–H and O–H groups in total. The number of fused-ring (bicyclic) bond motifs is 1. The number of benzene rings is 2. The van der Waals surface area contributed by atoms with E-state index in [1.807, 2.05) is 18.2 Å². The van der Waals surface area contributed by atoms with Gasteiger partial charge in [-0.3, -0.25) is 5.43 Å². The van der Waals surface area contributed by atoms with Crippen molar-refractivity contribution in [2.45, 2.75) is 6.42 Å². The molecule has 0 saturated heterocycles. The quantitative estimate of drug-likeness (QED) is 0.407. The fourth-order valence-electron chi connectivity index (χ4n) is 2.62. The summed E-state index contributed by atoms with van der Waals surface area (Å²) in [5.74, 6) is 0.296. The average Bonchev–Trinajstić information content (AvgIpc) is 3.07. The lowest BCUT2D eigenvalue weighted by atomic mass is 10.1. The van der Waals surface area contributed by atoms with Crippen molar-refractivity contribution in [1.82, 2.24) is 9.97 Å². The number of hydrogen-bond donors (Lipinski definition) is 1. The molecule has 0 unspecified atom stereocenters. The van der Waals surface area contributed by atoms with Crippen LogP contribution in [0.4, 0.5) is 10.2 Å². The Kier molecular flexibility index (Phi) is 4.66. The fourth-order valence-corrected chi connectivity index (χ4v) is 3.65. The Labute approximate surface area is 154 Å². The molecular weight excluding hydrogens is 347 g/mol. The van der Waals surface area contributed by atoms with E-state index in [1.165, 1.54) is 29.0 Å². The Morgan fingerprint density at radius 3 is 2.69 bits per heavy atom. The number of hydrazone groups is 1. The number of nitrogens with zero attached hydrogens (tertiary/aromatic N) is 3. The number of hydrogen-bond acceptors (Lipinski definition) is 5. The van der Waals surface area contributed by atoms with Crippen LogP contribution in [0.5, 0.6) is 0 Å². The molecule has 0 aliphatic rings. The van der Waals surface area contributed by atoms with Gasteiger partial charge in [-0.2, -0.15) is 5.10 Å². The van der Waals surface area contributed by atoms with Crippen LogP contribution in [0.1, 0.15) is 16.0 Å².